The Labute approximate surface area is 125 Å². The summed E-state index contributed by atoms with van der Waals surface area (Å²) >= 11 is 0. The second kappa shape index (κ2) is 6.68. The number of nitrogens with one attached hydrogen (secondary N) is 1. The standard InChI is InChI=1S/C17H22N4/c18-11-10-13-6-8-14(9-7-13)21-17-15-4-2-1-3-5-16(15)19-12-20-17/h6-9,12H,1-5,10-11,18H2,(H,19,20,21). The number of rotatable bonds is 4. The quantitative estimate of drug-likeness (QED) is 0.846. The Kier molecular flexibility index (Phi) is 4.46. The van der Waals surface area contributed by atoms with Crippen molar-refractivity contribution in [3.05, 3.63) is 47.4 Å². The summed E-state index contributed by atoms with van der Waals surface area (Å²) in [7, 11) is 0. The second-order valence-electron chi connectivity index (χ2n) is 5.57. The Morgan fingerprint density at radius 1 is 1.00 bits per heavy atom. The maximum absolute atomic E-state index is 5.58. The van der Waals surface area contributed by atoms with Crippen LogP contribution in [0.5, 0.6) is 0 Å². The maximum atomic E-state index is 5.58. The van der Waals surface area contributed by atoms with Crippen LogP contribution in [-0.2, 0) is 19.3 Å². The number of nitrogens with zero attached hydrogens (tertiary/aromatic N) is 2. The zero-order chi connectivity index (χ0) is 14.5. The molecule has 0 spiro atoms. The van der Waals surface area contributed by atoms with Gasteiger partial charge in [-0.15, -0.1) is 0 Å². The van der Waals surface area contributed by atoms with Crippen molar-refractivity contribution in [3.8, 4) is 0 Å². The van der Waals surface area contributed by atoms with Gasteiger partial charge in [-0.25, -0.2) is 9.97 Å². The minimum Gasteiger partial charge on any atom is -0.340 e. The SMILES string of the molecule is NCCc1ccc(Nc2ncnc3c2CCCCC3)cc1. The van der Waals surface area contributed by atoms with Crippen LogP contribution in [0.15, 0.2) is 30.6 Å². The highest BCUT2D eigenvalue weighted by molar-refractivity contribution is 5.60. The van der Waals surface area contributed by atoms with Crippen molar-refractivity contribution in [2.45, 2.75) is 38.5 Å². The summed E-state index contributed by atoms with van der Waals surface area (Å²) in [6.45, 7) is 0.687. The van der Waals surface area contributed by atoms with Crippen molar-refractivity contribution in [1.82, 2.24) is 9.97 Å². The molecule has 1 aliphatic carbocycles. The molecule has 4 nitrogen and oxygen atoms in total. The normalized spacial score (nSPS) is 14.3. The van der Waals surface area contributed by atoms with E-state index in [1.165, 1.54) is 36.1 Å². The van der Waals surface area contributed by atoms with Crippen molar-refractivity contribution in [1.29, 1.82) is 0 Å². The molecule has 0 saturated heterocycles. The van der Waals surface area contributed by atoms with Gasteiger partial charge in [-0.05, 0) is 56.3 Å². The van der Waals surface area contributed by atoms with Gasteiger partial charge in [0.15, 0.2) is 0 Å². The predicted molar refractivity (Wildman–Crippen MR) is 85.8 cm³/mol. The third kappa shape index (κ3) is 3.39. The Bertz CT molecular complexity index is 592. The minimum absolute atomic E-state index is 0.687. The van der Waals surface area contributed by atoms with Crippen molar-refractivity contribution < 1.29 is 0 Å². The number of fused-ring (bicyclic) bond motifs is 1. The lowest BCUT2D eigenvalue weighted by Gasteiger charge is -2.12. The molecule has 1 aromatic carbocycles. The van der Waals surface area contributed by atoms with Crippen molar-refractivity contribution in [2.75, 3.05) is 11.9 Å². The first-order valence-electron chi connectivity index (χ1n) is 7.75. The van der Waals surface area contributed by atoms with E-state index in [9.17, 15) is 0 Å². The molecule has 0 fully saturated rings. The summed E-state index contributed by atoms with van der Waals surface area (Å²) in [5, 5.41) is 3.45. The zero-order valence-corrected chi connectivity index (χ0v) is 12.3. The zero-order valence-electron chi connectivity index (χ0n) is 12.3. The maximum Gasteiger partial charge on any atom is 0.137 e. The fourth-order valence-corrected chi connectivity index (χ4v) is 2.86. The lowest BCUT2D eigenvalue weighted by atomic mass is 10.1. The van der Waals surface area contributed by atoms with Gasteiger partial charge in [0.05, 0.1) is 0 Å². The molecule has 0 saturated carbocycles. The third-order valence-corrected chi connectivity index (χ3v) is 4.02. The van der Waals surface area contributed by atoms with Crippen LogP contribution in [0.2, 0.25) is 0 Å². The molecule has 1 heterocycles. The molecule has 1 aromatic heterocycles. The summed E-state index contributed by atoms with van der Waals surface area (Å²) in [6.07, 6.45) is 8.48. The fourth-order valence-electron chi connectivity index (χ4n) is 2.86. The lowest BCUT2D eigenvalue weighted by Crippen LogP contribution is -2.05. The van der Waals surface area contributed by atoms with Crippen LogP contribution >= 0.6 is 0 Å². The molecule has 0 bridgehead atoms. The van der Waals surface area contributed by atoms with E-state index in [1.807, 2.05) is 0 Å². The molecule has 0 atom stereocenters. The van der Waals surface area contributed by atoms with E-state index in [1.54, 1.807) is 6.33 Å². The Balaban J connectivity index is 1.81. The van der Waals surface area contributed by atoms with Crippen LogP contribution < -0.4 is 11.1 Å². The van der Waals surface area contributed by atoms with E-state index in [0.29, 0.717) is 6.54 Å². The molecule has 2 aromatic rings. The summed E-state index contributed by atoms with van der Waals surface area (Å²) < 4.78 is 0. The first-order valence-corrected chi connectivity index (χ1v) is 7.75. The molecule has 1 aliphatic rings. The molecule has 0 radical (unpaired) electrons. The highest BCUT2D eigenvalue weighted by Gasteiger charge is 2.14. The van der Waals surface area contributed by atoms with E-state index < -0.39 is 0 Å². The monoisotopic (exact) mass is 282 g/mol. The largest absolute Gasteiger partial charge is 0.340 e. The first-order chi connectivity index (χ1) is 10.4. The first kappa shape index (κ1) is 14.0. The molecular formula is C17H22N4. The van der Waals surface area contributed by atoms with E-state index in [4.69, 9.17) is 5.73 Å². The fraction of sp³-hybridized carbons (Fsp3) is 0.412. The number of aryl methyl sites for hydroxylation is 1. The van der Waals surface area contributed by atoms with Crippen LogP contribution in [0.4, 0.5) is 11.5 Å². The summed E-state index contributed by atoms with van der Waals surface area (Å²) in [5.41, 5.74) is 10.4. The van der Waals surface area contributed by atoms with Gasteiger partial charge in [0.25, 0.3) is 0 Å². The van der Waals surface area contributed by atoms with Crippen LogP contribution in [0.25, 0.3) is 0 Å². The van der Waals surface area contributed by atoms with Gasteiger partial charge in [-0.1, -0.05) is 18.6 Å². The summed E-state index contributed by atoms with van der Waals surface area (Å²) in [5.74, 6) is 0.966. The topological polar surface area (TPSA) is 63.8 Å². The molecule has 0 unspecified atom stereocenters. The Morgan fingerprint density at radius 3 is 2.62 bits per heavy atom. The third-order valence-electron chi connectivity index (χ3n) is 4.02. The molecule has 0 aliphatic heterocycles. The highest BCUT2D eigenvalue weighted by Crippen LogP contribution is 2.26. The number of hydrogen-bond donors (Lipinski definition) is 2. The number of aromatic nitrogens is 2. The van der Waals surface area contributed by atoms with Crippen LogP contribution in [0, 0.1) is 0 Å². The summed E-state index contributed by atoms with van der Waals surface area (Å²) in [4.78, 5) is 8.90. The Hall–Kier alpha value is -1.94. The number of nitrogens with two attached hydrogens (primary N) is 1. The van der Waals surface area contributed by atoms with Gasteiger partial charge >= 0.3 is 0 Å². The van der Waals surface area contributed by atoms with Crippen molar-refractivity contribution >= 4 is 11.5 Å². The van der Waals surface area contributed by atoms with Gasteiger partial charge in [-0.3, -0.25) is 0 Å². The van der Waals surface area contributed by atoms with Gasteiger partial charge in [-0.2, -0.15) is 0 Å². The highest BCUT2D eigenvalue weighted by atomic mass is 15.0. The summed E-state index contributed by atoms with van der Waals surface area (Å²) in [6, 6.07) is 8.43. The number of hydrogen-bond acceptors (Lipinski definition) is 4. The molecular weight excluding hydrogens is 260 g/mol. The molecule has 4 heteroatoms. The average molecular weight is 282 g/mol. The van der Waals surface area contributed by atoms with Crippen LogP contribution in [0.1, 0.15) is 36.1 Å². The molecule has 0 amide bonds. The number of anilines is 2. The molecule has 110 valence electrons. The smallest absolute Gasteiger partial charge is 0.137 e. The Morgan fingerprint density at radius 2 is 1.81 bits per heavy atom. The number of benzene rings is 1. The van der Waals surface area contributed by atoms with Crippen LogP contribution in [0.3, 0.4) is 0 Å². The van der Waals surface area contributed by atoms with Gasteiger partial charge < -0.3 is 11.1 Å². The van der Waals surface area contributed by atoms with E-state index in [2.05, 4.69) is 39.6 Å². The van der Waals surface area contributed by atoms with E-state index >= 15 is 0 Å². The lowest BCUT2D eigenvalue weighted by molar-refractivity contribution is 0.709. The van der Waals surface area contributed by atoms with Gasteiger partial charge in [0, 0.05) is 16.9 Å². The van der Waals surface area contributed by atoms with Crippen LogP contribution in [-0.4, -0.2) is 16.5 Å². The molecule has 3 N–H and O–H groups in total. The average Bonchev–Trinajstić information content (AvgIpc) is 2.76. The molecule has 21 heavy (non-hydrogen) atoms. The molecule has 3 rings (SSSR count). The van der Waals surface area contributed by atoms with E-state index in [0.717, 1.165) is 30.8 Å². The minimum atomic E-state index is 0.687. The van der Waals surface area contributed by atoms with Crippen molar-refractivity contribution in [3.63, 3.8) is 0 Å². The van der Waals surface area contributed by atoms with Gasteiger partial charge in [0.2, 0.25) is 0 Å². The second-order valence-corrected chi connectivity index (χ2v) is 5.57. The van der Waals surface area contributed by atoms with Gasteiger partial charge in [0.1, 0.15) is 12.1 Å². The van der Waals surface area contributed by atoms with E-state index in [-0.39, 0.29) is 0 Å². The van der Waals surface area contributed by atoms with Crippen molar-refractivity contribution in [2.24, 2.45) is 5.73 Å². The predicted octanol–water partition coefficient (Wildman–Crippen LogP) is 2.99.